The lowest BCUT2D eigenvalue weighted by atomic mass is 10.2. The zero-order valence-corrected chi connectivity index (χ0v) is 15.7. The van der Waals surface area contributed by atoms with E-state index in [1.54, 1.807) is 0 Å². The lowest BCUT2D eigenvalue weighted by molar-refractivity contribution is 0.668. The Bertz CT molecular complexity index is 687. The van der Waals surface area contributed by atoms with Crippen molar-refractivity contribution in [3.05, 3.63) is 40.4 Å². The second-order valence-electron chi connectivity index (χ2n) is 3.63. The van der Waals surface area contributed by atoms with Crippen LogP contribution in [0.2, 0.25) is 0 Å². The van der Waals surface area contributed by atoms with E-state index in [1.165, 1.54) is 0 Å². The molecule has 0 atom stereocenters. The average Bonchev–Trinajstić information content (AvgIpc) is 2.58. The highest BCUT2D eigenvalue weighted by atomic mass is 127. The molecule has 2 aromatic carbocycles. The van der Waals surface area contributed by atoms with Gasteiger partial charge in [0.05, 0.1) is 0 Å². The predicted octanol–water partition coefficient (Wildman–Crippen LogP) is 6.32. The van der Waals surface area contributed by atoms with Gasteiger partial charge in [-0.1, -0.05) is 0 Å². The van der Waals surface area contributed by atoms with Gasteiger partial charge >= 0.3 is 0 Å². The van der Waals surface area contributed by atoms with E-state index in [-0.39, 0.29) is 0 Å². The number of furan rings is 1. The van der Waals surface area contributed by atoms with Crippen molar-refractivity contribution in [3.8, 4) is 0 Å². The Kier molecular flexibility index (Phi) is 3.46. The summed E-state index contributed by atoms with van der Waals surface area (Å²) in [4.78, 5) is 0. The third kappa shape index (κ3) is 2.17. The van der Waals surface area contributed by atoms with Crippen LogP contribution in [-0.4, -0.2) is 0 Å². The molecule has 17 heavy (non-hydrogen) atoms. The van der Waals surface area contributed by atoms with Crippen LogP contribution in [0.1, 0.15) is 0 Å². The van der Waals surface area contributed by atoms with Crippen molar-refractivity contribution in [1.82, 2.24) is 0 Å². The minimum Gasteiger partial charge on any atom is -0.456 e. The van der Waals surface area contributed by atoms with Crippen LogP contribution in [0.15, 0.2) is 37.6 Å². The smallest absolute Gasteiger partial charge is 0.136 e. The molecule has 1 nitrogen and oxygen atoms in total. The maximum absolute atomic E-state index is 5.87. The molecule has 0 aliphatic carbocycles. The highest BCUT2D eigenvalue weighted by Crippen LogP contribution is 2.36. The van der Waals surface area contributed by atoms with Crippen LogP contribution in [0, 0.1) is 7.14 Å². The molecular formula is C12H4Br2I2O. The Hall–Kier alpha value is 0.660. The number of hydrogen-bond acceptors (Lipinski definition) is 1. The van der Waals surface area contributed by atoms with Gasteiger partial charge in [0, 0.05) is 26.9 Å². The van der Waals surface area contributed by atoms with Crippen molar-refractivity contribution in [3.63, 3.8) is 0 Å². The summed E-state index contributed by atoms with van der Waals surface area (Å²) >= 11 is 11.7. The van der Waals surface area contributed by atoms with Gasteiger partial charge in [0.2, 0.25) is 0 Å². The summed E-state index contributed by atoms with van der Waals surface area (Å²) in [6.45, 7) is 0. The fourth-order valence-electron chi connectivity index (χ4n) is 1.77. The molecule has 5 heteroatoms. The summed E-state index contributed by atoms with van der Waals surface area (Å²) in [5.74, 6) is 0. The van der Waals surface area contributed by atoms with E-state index in [0.29, 0.717) is 0 Å². The highest BCUT2D eigenvalue weighted by Gasteiger charge is 2.11. The maximum atomic E-state index is 5.87. The van der Waals surface area contributed by atoms with E-state index in [0.717, 1.165) is 38.0 Å². The van der Waals surface area contributed by atoms with Crippen LogP contribution in [0.4, 0.5) is 0 Å². The zero-order chi connectivity index (χ0) is 12.2. The van der Waals surface area contributed by atoms with Gasteiger partial charge in [0.1, 0.15) is 11.2 Å². The number of rotatable bonds is 0. The van der Waals surface area contributed by atoms with E-state index in [4.69, 9.17) is 4.42 Å². The van der Waals surface area contributed by atoms with Crippen molar-refractivity contribution < 1.29 is 4.42 Å². The third-order valence-electron chi connectivity index (χ3n) is 2.56. The first kappa shape index (κ1) is 12.7. The SMILES string of the molecule is Brc1cc2c(cc1I)oc1cc(I)c(Br)cc12. The second kappa shape index (κ2) is 4.64. The first-order chi connectivity index (χ1) is 8.06. The van der Waals surface area contributed by atoms with Crippen molar-refractivity contribution in [1.29, 1.82) is 0 Å². The largest absolute Gasteiger partial charge is 0.456 e. The molecule has 0 unspecified atom stereocenters. The Morgan fingerprint density at radius 1 is 0.765 bits per heavy atom. The molecule has 0 spiro atoms. The first-order valence-electron chi connectivity index (χ1n) is 4.72. The Morgan fingerprint density at radius 2 is 1.18 bits per heavy atom. The van der Waals surface area contributed by atoms with Gasteiger partial charge in [-0.15, -0.1) is 0 Å². The van der Waals surface area contributed by atoms with Gasteiger partial charge in [-0.2, -0.15) is 0 Å². The quantitative estimate of drug-likeness (QED) is 0.285. The van der Waals surface area contributed by atoms with Crippen LogP contribution in [0.5, 0.6) is 0 Å². The second-order valence-corrected chi connectivity index (χ2v) is 7.66. The third-order valence-corrected chi connectivity index (χ3v) is 7.13. The minimum absolute atomic E-state index is 0.932. The molecule has 0 aliphatic rings. The van der Waals surface area contributed by atoms with E-state index in [2.05, 4.69) is 101 Å². The van der Waals surface area contributed by atoms with E-state index < -0.39 is 0 Å². The summed E-state index contributed by atoms with van der Waals surface area (Å²) in [6, 6.07) is 8.34. The van der Waals surface area contributed by atoms with E-state index >= 15 is 0 Å². The fraction of sp³-hybridized carbons (Fsp3) is 0. The van der Waals surface area contributed by atoms with Crippen LogP contribution >= 0.6 is 77.0 Å². The highest BCUT2D eigenvalue weighted by molar-refractivity contribution is 14.1. The molecule has 0 saturated heterocycles. The van der Waals surface area contributed by atoms with Gasteiger partial charge in [-0.25, -0.2) is 0 Å². The van der Waals surface area contributed by atoms with Gasteiger partial charge in [-0.3, -0.25) is 0 Å². The molecule has 0 amide bonds. The van der Waals surface area contributed by atoms with Crippen LogP contribution in [0.25, 0.3) is 21.9 Å². The summed E-state index contributed by atoms with van der Waals surface area (Å²) in [5, 5.41) is 2.29. The molecular weight excluding hydrogens is 574 g/mol. The monoisotopic (exact) mass is 576 g/mol. The Labute approximate surface area is 142 Å². The summed E-state index contributed by atoms with van der Waals surface area (Å²) in [7, 11) is 0. The standard InChI is InChI=1S/C12H4Br2I2O/c13-7-1-5-6-2-8(14)10(16)4-12(6)17-11(5)3-9(7)15/h1-4H. The average molecular weight is 578 g/mol. The lowest BCUT2D eigenvalue weighted by Crippen LogP contribution is -1.75. The molecule has 0 bridgehead atoms. The van der Waals surface area contributed by atoms with E-state index in [9.17, 15) is 0 Å². The number of benzene rings is 2. The Morgan fingerprint density at radius 3 is 1.59 bits per heavy atom. The van der Waals surface area contributed by atoms with Gasteiger partial charge in [0.15, 0.2) is 0 Å². The molecule has 86 valence electrons. The number of hydrogen-bond donors (Lipinski definition) is 0. The van der Waals surface area contributed by atoms with Gasteiger partial charge in [0.25, 0.3) is 0 Å². The molecule has 1 heterocycles. The summed E-state index contributed by atoms with van der Waals surface area (Å²) in [5.41, 5.74) is 1.86. The number of halogens is 4. The summed E-state index contributed by atoms with van der Waals surface area (Å²) in [6.07, 6.45) is 0. The van der Waals surface area contributed by atoms with Crippen LogP contribution < -0.4 is 0 Å². The molecule has 0 radical (unpaired) electrons. The first-order valence-corrected chi connectivity index (χ1v) is 8.47. The van der Waals surface area contributed by atoms with Crippen molar-refractivity contribution >= 4 is 99.0 Å². The summed E-state index contributed by atoms with van der Waals surface area (Å²) < 4.78 is 10.4. The minimum atomic E-state index is 0.932. The van der Waals surface area contributed by atoms with Gasteiger partial charge < -0.3 is 4.42 Å². The molecule has 3 rings (SSSR count). The zero-order valence-electron chi connectivity index (χ0n) is 8.23. The van der Waals surface area contributed by atoms with Crippen LogP contribution in [0.3, 0.4) is 0 Å². The van der Waals surface area contributed by atoms with Crippen molar-refractivity contribution in [2.24, 2.45) is 0 Å². The molecule has 0 aliphatic heterocycles. The molecule has 0 fully saturated rings. The molecule has 1 aromatic heterocycles. The molecule has 3 aromatic rings. The Balaban J connectivity index is 2.51. The van der Waals surface area contributed by atoms with E-state index in [1.807, 2.05) is 0 Å². The van der Waals surface area contributed by atoms with Crippen molar-refractivity contribution in [2.45, 2.75) is 0 Å². The molecule has 0 saturated carbocycles. The normalized spacial score (nSPS) is 11.5. The fourth-order valence-corrected chi connectivity index (χ4v) is 3.33. The van der Waals surface area contributed by atoms with Crippen molar-refractivity contribution in [2.75, 3.05) is 0 Å². The predicted molar refractivity (Wildman–Crippen MR) is 94.6 cm³/mol. The lowest BCUT2D eigenvalue weighted by Gasteiger charge is -1.96. The molecule has 0 N–H and O–H groups in total. The topological polar surface area (TPSA) is 13.1 Å². The number of fused-ring (bicyclic) bond motifs is 3. The van der Waals surface area contributed by atoms with Crippen LogP contribution in [-0.2, 0) is 0 Å². The van der Waals surface area contributed by atoms with Gasteiger partial charge in [-0.05, 0) is 101 Å². The maximum Gasteiger partial charge on any atom is 0.136 e.